The second kappa shape index (κ2) is 6.67. The van der Waals surface area contributed by atoms with E-state index in [9.17, 15) is 9.59 Å². The normalized spacial score (nSPS) is 13.2. The van der Waals surface area contributed by atoms with Crippen LogP contribution >= 0.6 is 0 Å². The van der Waals surface area contributed by atoms with Gasteiger partial charge in [-0.1, -0.05) is 18.2 Å². The standard InChI is InChI=1S/C19H20N2O5/c1-5-24-17(22)14-15-13(9-12(10-20-15)11-7-6-8-11)25-16(14)21-18(23)26-19(2,3)4/h6-10H,5H2,1-4H3,(H,21,23). The van der Waals surface area contributed by atoms with Gasteiger partial charge in [-0.2, -0.15) is 0 Å². The van der Waals surface area contributed by atoms with Crippen LogP contribution in [0.3, 0.4) is 0 Å². The summed E-state index contributed by atoms with van der Waals surface area (Å²) in [4.78, 5) is 28.8. The zero-order valence-electron chi connectivity index (χ0n) is 15.1. The van der Waals surface area contributed by atoms with Crippen LogP contribution in [-0.2, 0) is 9.47 Å². The van der Waals surface area contributed by atoms with E-state index in [-0.39, 0.29) is 18.1 Å². The third-order valence-corrected chi connectivity index (χ3v) is 3.51. The Morgan fingerprint density at radius 1 is 1.31 bits per heavy atom. The first kappa shape index (κ1) is 17.7. The molecule has 0 saturated carbocycles. The molecule has 1 aliphatic carbocycles. The summed E-state index contributed by atoms with van der Waals surface area (Å²) in [5.74, 6) is -0.671. The number of carbonyl (C=O) groups is 2. The number of hydrogen-bond acceptors (Lipinski definition) is 6. The van der Waals surface area contributed by atoms with E-state index in [0.717, 1.165) is 11.1 Å². The maximum absolute atomic E-state index is 12.4. The highest BCUT2D eigenvalue weighted by atomic mass is 16.6. The van der Waals surface area contributed by atoms with E-state index >= 15 is 0 Å². The molecule has 3 rings (SSSR count). The number of ether oxygens (including phenoxy) is 2. The van der Waals surface area contributed by atoms with E-state index in [1.807, 2.05) is 18.2 Å². The lowest BCUT2D eigenvalue weighted by molar-refractivity contribution is 0.0529. The molecule has 2 aromatic rings. The van der Waals surface area contributed by atoms with Crippen LogP contribution in [0.1, 0.15) is 43.6 Å². The van der Waals surface area contributed by atoms with Crippen LogP contribution in [0.25, 0.3) is 16.7 Å². The van der Waals surface area contributed by atoms with Crippen molar-refractivity contribution >= 4 is 34.6 Å². The smallest absolute Gasteiger partial charge is 0.414 e. The molecule has 0 bridgehead atoms. The number of aromatic nitrogens is 1. The number of allylic oxidation sites excluding steroid dienone is 4. The van der Waals surface area contributed by atoms with E-state index in [1.54, 1.807) is 40.0 Å². The van der Waals surface area contributed by atoms with Crippen molar-refractivity contribution < 1.29 is 23.5 Å². The largest absolute Gasteiger partial charge is 0.462 e. The van der Waals surface area contributed by atoms with Gasteiger partial charge < -0.3 is 13.9 Å². The summed E-state index contributed by atoms with van der Waals surface area (Å²) in [5.41, 5.74) is 1.94. The van der Waals surface area contributed by atoms with Crippen LogP contribution in [0.2, 0.25) is 0 Å². The molecule has 26 heavy (non-hydrogen) atoms. The minimum atomic E-state index is -0.730. The van der Waals surface area contributed by atoms with Gasteiger partial charge in [0.15, 0.2) is 5.58 Å². The number of amides is 1. The van der Waals surface area contributed by atoms with Crippen LogP contribution < -0.4 is 5.32 Å². The molecule has 0 fully saturated rings. The van der Waals surface area contributed by atoms with Crippen LogP contribution in [-0.4, -0.2) is 29.3 Å². The van der Waals surface area contributed by atoms with E-state index in [1.165, 1.54) is 0 Å². The SMILES string of the molecule is CCOC(=O)c1c(NC(=O)OC(C)(C)C)oc2cc(C3=CC=C3)cnc12. The monoisotopic (exact) mass is 356 g/mol. The number of esters is 1. The summed E-state index contributed by atoms with van der Waals surface area (Å²) in [6.07, 6.45) is 6.72. The number of furan rings is 1. The number of anilines is 1. The van der Waals surface area contributed by atoms with Gasteiger partial charge in [0, 0.05) is 11.8 Å². The molecule has 0 unspecified atom stereocenters. The third-order valence-electron chi connectivity index (χ3n) is 3.51. The molecule has 0 aliphatic heterocycles. The van der Waals surface area contributed by atoms with Crippen LogP contribution in [0, 0.1) is 0 Å². The minimum Gasteiger partial charge on any atom is -0.462 e. The minimum absolute atomic E-state index is 0.0459. The Kier molecular flexibility index (Phi) is 4.54. The van der Waals surface area contributed by atoms with Crippen LogP contribution in [0.4, 0.5) is 10.7 Å². The fraction of sp³-hybridized carbons (Fsp3) is 0.316. The second-order valence-corrected chi connectivity index (χ2v) is 6.71. The molecule has 136 valence electrons. The summed E-state index contributed by atoms with van der Waals surface area (Å²) in [5, 5.41) is 2.48. The average molecular weight is 356 g/mol. The number of carbonyl (C=O) groups excluding carboxylic acids is 2. The summed E-state index contributed by atoms with van der Waals surface area (Å²) in [6.45, 7) is 7.11. The van der Waals surface area contributed by atoms with Crippen LogP contribution in [0.5, 0.6) is 0 Å². The zero-order valence-corrected chi connectivity index (χ0v) is 15.1. The Bertz CT molecular complexity index is 931. The van der Waals surface area contributed by atoms with Gasteiger partial charge in [0.25, 0.3) is 0 Å². The molecule has 2 aromatic heterocycles. The highest BCUT2D eigenvalue weighted by Crippen LogP contribution is 2.32. The molecule has 0 saturated heterocycles. The Hall–Kier alpha value is -3.09. The molecule has 1 N–H and O–H groups in total. The number of nitrogens with one attached hydrogen (secondary N) is 1. The molecule has 0 radical (unpaired) electrons. The molecule has 2 heterocycles. The molecule has 0 aromatic carbocycles. The van der Waals surface area contributed by atoms with Crippen molar-refractivity contribution in [3.63, 3.8) is 0 Å². The molecule has 0 atom stereocenters. The molecule has 1 amide bonds. The number of pyridine rings is 1. The quantitative estimate of drug-likeness (QED) is 0.821. The van der Waals surface area contributed by atoms with Crippen molar-refractivity contribution in [1.82, 2.24) is 4.98 Å². The van der Waals surface area contributed by atoms with Crippen molar-refractivity contribution in [2.75, 3.05) is 11.9 Å². The number of fused-ring (bicyclic) bond motifs is 1. The highest BCUT2D eigenvalue weighted by molar-refractivity contribution is 6.08. The van der Waals surface area contributed by atoms with Gasteiger partial charge in [0.05, 0.1) is 6.61 Å². The van der Waals surface area contributed by atoms with Gasteiger partial charge in [-0.25, -0.2) is 9.59 Å². The summed E-state index contributed by atoms with van der Waals surface area (Å²) in [7, 11) is 0. The van der Waals surface area contributed by atoms with E-state index in [2.05, 4.69) is 10.3 Å². The first-order chi connectivity index (χ1) is 12.3. The lowest BCUT2D eigenvalue weighted by atomic mass is 10.0. The Balaban J connectivity index is 2.00. The maximum Gasteiger partial charge on any atom is 0.414 e. The van der Waals surface area contributed by atoms with E-state index in [4.69, 9.17) is 13.9 Å². The fourth-order valence-corrected chi connectivity index (χ4v) is 2.40. The van der Waals surface area contributed by atoms with Crippen molar-refractivity contribution in [1.29, 1.82) is 0 Å². The van der Waals surface area contributed by atoms with E-state index in [0.29, 0.717) is 11.1 Å². The van der Waals surface area contributed by atoms with Gasteiger partial charge in [-0.15, -0.1) is 0 Å². The zero-order chi connectivity index (χ0) is 18.9. The fourth-order valence-electron chi connectivity index (χ4n) is 2.40. The van der Waals surface area contributed by atoms with Crippen molar-refractivity contribution in [2.45, 2.75) is 33.3 Å². The number of rotatable bonds is 4. The second-order valence-electron chi connectivity index (χ2n) is 6.71. The maximum atomic E-state index is 12.4. The lowest BCUT2D eigenvalue weighted by Gasteiger charge is -2.19. The highest BCUT2D eigenvalue weighted by Gasteiger charge is 2.27. The number of hydrogen-bond donors (Lipinski definition) is 1. The van der Waals surface area contributed by atoms with Gasteiger partial charge in [0.2, 0.25) is 5.88 Å². The van der Waals surface area contributed by atoms with Gasteiger partial charge in [-0.3, -0.25) is 10.3 Å². The summed E-state index contributed by atoms with van der Waals surface area (Å²) in [6, 6.07) is 1.76. The molecular formula is C19H20N2O5. The molecule has 7 heteroatoms. The summed E-state index contributed by atoms with van der Waals surface area (Å²) < 4.78 is 16.0. The Morgan fingerprint density at radius 3 is 2.62 bits per heavy atom. The van der Waals surface area contributed by atoms with Gasteiger partial charge >= 0.3 is 12.1 Å². The molecule has 0 spiro atoms. The Labute approximate surface area is 150 Å². The average Bonchev–Trinajstić information content (AvgIpc) is 2.80. The van der Waals surface area contributed by atoms with Gasteiger partial charge in [0.1, 0.15) is 16.7 Å². The Morgan fingerprint density at radius 2 is 2.04 bits per heavy atom. The first-order valence-corrected chi connectivity index (χ1v) is 8.27. The van der Waals surface area contributed by atoms with Crippen molar-refractivity contribution in [3.8, 4) is 0 Å². The topological polar surface area (TPSA) is 90.7 Å². The third kappa shape index (κ3) is 3.61. The molecule has 1 aliphatic rings. The summed E-state index contributed by atoms with van der Waals surface area (Å²) >= 11 is 0. The molecular weight excluding hydrogens is 336 g/mol. The van der Waals surface area contributed by atoms with Crippen LogP contribution in [0.15, 0.2) is 34.9 Å². The molecule has 7 nitrogen and oxygen atoms in total. The lowest BCUT2D eigenvalue weighted by Crippen LogP contribution is -2.27. The van der Waals surface area contributed by atoms with Gasteiger partial charge in [-0.05, 0) is 39.3 Å². The predicted molar refractivity (Wildman–Crippen MR) is 96.9 cm³/mol. The van der Waals surface area contributed by atoms with Crippen molar-refractivity contribution in [3.05, 3.63) is 41.6 Å². The van der Waals surface area contributed by atoms with Crippen molar-refractivity contribution in [2.24, 2.45) is 0 Å². The predicted octanol–water partition coefficient (Wildman–Crippen LogP) is 4.30. The van der Waals surface area contributed by atoms with E-state index < -0.39 is 17.7 Å². The first-order valence-electron chi connectivity index (χ1n) is 8.27. The number of nitrogens with zero attached hydrogens (tertiary/aromatic N) is 1.